The summed E-state index contributed by atoms with van der Waals surface area (Å²) in [6.07, 6.45) is 2.89. The minimum Gasteiger partial charge on any atom is -0.306 e. The number of hydrogen-bond acceptors (Lipinski definition) is 4. The number of nitrogens with zero attached hydrogens (tertiary/aromatic N) is 3. The van der Waals surface area contributed by atoms with Gasteiger partial charge >= 0.3 is 0 Å². The third-order valence-electron chi connectivity index (χ3n) is 2.86. The van der Waals surface area contributed by atoms with Crippen molar-refractivity contribution in [2.75, 3.05) is 5.32 Å². The minimum atomic E-state index is -0.342. The summed E-state index contributed by atoms with van der Waals surface area (Å²) in [7, 11) is 0. The molecular formula is C14H8Cl2N4O. The van der Waals surface area contributed by atoms with Crippen LogP contribution < -0.4 is 5.32 Å². The molecule has 0 saturated carbocycles. The summed E-state index contributed by atoms with van der Waals surface area (Å²) in [6.45, 7) is 0. The average molecular weight is 319 g/mol. The Bertz CT molecular complexity index is 838. The van der Waals surface area contributed by atoms with Gasteiger partial charge in [-0.15, -0.1) is 0 Å². The van der Waals surface area contributed by atoms with Crippen LogP contribution in [-0.4, -0.2) is 20.9 Å². The van der Waals surface area contributed by atoms with Crippen LogP contribution in [0.15, 0.2) is 42.7 Å². The summed E-state index contributed by atoms with van der Waals surface area (Å²) in [5, 5.41) is 4.50. The van der Waals surface area contributed by atoms with Gasteiger partial charge in [0.25, 0.3) is 5.91 Å². The number of aromatic nitrogens is 3. The molecule has 2 aromatic heterocycles. The summed E-state index contributed by atoms with van der Waals surface area (Å²) < 4.78 is 0. The summed E-state index contributed by atoms with van der Waals surface area (Å²) in [4.78, 5) is 24.1. The Hall–Kier alpha value is -2.24. The predicted molar refractivity (Wildman–Crippen MR) is 81.7 cm³/mol. The number of rotatable bonds is 2. The molecule has 0 unspecified atom stereocenters. The molecule has 0 aliphatic heterocycles. The van der Waals surface area contributed by atoms with E-state index in [1.807, 2.05) is 24.3 Å². The zero-order valence-electron chi connectivity index (χ0n) is 10.5. The Morgan fingerprint density at radius 1 is 1.05 bits per heavy atom. The van der Waals surface area contributed by atoms with E-state index in [4.69, 9.17) is 23.2 Å². The third-order valence-corrected chi connectivity index (χ3v) is 3.34. The summed E-state index contributed by atoms with van der Waals surface area (Å²) in [5.41, 5.74) is 0.407. The number of amides is 1. The van der Waals surface area contributed by atoms with Gasteiger partial charge in [-0.1, -0.05) is 35.9 Å². The van der Waals surface area contributed by atoms with Gasteiger partial charge in [0, 0.05) is 17.8 Å². The van der Waals surface area contributed by atoms with Crippen LogP contribution in [0.3, 0.4) is 0 Å². The van der Waals surface area contributed by atoms with E-state index in [9.17, 15) is 4.79 Å². The Kier molecular flexibility index (Phi) is 3.68. The predicted octanol–water partition coefficient (Wildman–Crippen LogP) is 3.58. The molecule has 0 atom stereocenters. The number of fused-ring (bicyclic) bond motifs is 1. The zero-order valence-corrected chi connectivity index (χ0v) is 12.1. The number of benzene rings is 1. The molecule has 7 heteroatoms. The second-order valence-corrected chi connectivity index (χ2v) is 4.87. The highest BCUT2D eigenvalue weighted by Gasteiger charge is 2.13. The largest absolute Gasteiger partial charge is 0.306 e. The maximum absolute atomic E-state index is 12.4. The second kappa shape index (κ2) is 5.63. The van der Waals surface area contributed by atoms with Crippen molar-refractivity contribution in [2.24, 2.45) is 0 Å². The van der Waals surface area contributed by atoms with Gasteiger partial charge in [0.2, 0.25) is 5.28 Å². The highest BCUT2D eigenvalue weighted by molar-refractivity contribution is 6.35. The van der Waals surface area contributed by atoms with Gasteiger partial charge in [0.1, 0.15) is 11.0 Å². The fraction of sp³-hybridized carbons (Fsp3) is 0. The normalized spacial score (nSPS) is 10.6. The minimum absolute atomic E-state index is 0.0619. The fourth-order valence-electron chi connectivity index (χ4n) is 1.93. The molecule has 0 bridgehead atoms. The van der Waals surface area contributed by atoms with E-state index in [0.29, 0.717) is 21.9 Å². The fourth-order valence-corrected chi connectivity index (χ4v) is 2.29. The van der Waals surface area contributed by atoms with Gasteiger partial charge in [-0.25, -0.2) is 15.0 Å². The first kappa shape index (κ1) is 13.7. The van der Waals surface area contributed by atoms with E-state index in [1.54, 1.807) is 6.07 Å². The molecule has 3 rings (SSSR count). The Balaban J connectivity index is 2.01. The standard InChI is InChI=1S/C14H8Cl2N4O/c15-12-9-4-2-1-3-8(9)10(7-18-12)13(21)19-11-5-6-17-14(16)20-11/h1-7H,(H,17,19,20,21). The maximum Gasteiger partial charge on any atom is 0.259 e. The number of pyridine rings is 1. The molecule has 21 heavy (non-hydrogen) atoms. The van der Waals surface area contributed by atoms with Crippen LogP contribution in [0, 0.1) is 0 Å². The smallest absolute Gasteiger partial charge is 0.259 e. The number of anilines is 1. The zero-order chi connectivity index (χ0) is 14.8. The van der Waals surface area contributed by atoms with E-state index in [1.165, 1.54) is 12.4 Å². The van der Waals surface area contributed by atoms with Crippen molar-refractivity contribution in [3.8, 4) is 0 Å². The second-order valence-electron chi connectivity index (χ2n) is 4.17. The van der Waals surface area contributed by atoms with Crippen molar-refractivity contribution >= 4 is 45.7 Å². The molecule has 0 fully saturated rings. The number of hydrogen-bond donors (Lipinski definition) is 1. The summed E-state index contributed by atoms with van der Waals surface area (Å²) in [6, 6.07) is 8.84. The molecule has 1 amide bonds. The van der Waals surface area contributed by atoms with Gasteiger partial charge in [0.05, 0.1) is 5.56 Å². The number of carbonyl (C=O) groups is 1. The van der Waals surface area contributed by atoms with E-state index in [0.717, 1.165) is 5.39 Å². The van der Waals surface area contributed by atoms with E-state index >= 15 is 0 Å². The molecule has 1 N–H and O–H groups in total. The molecule has 0 aliphatic rings. The van der Waals surface area contributed by atoms with E-state index in [2.05, 4.69) is 20.3 Å². The van der Waals surface area contributed by atoms with Crippen LogP contribution in [0.4, 0.5) is 5.82 Å². The molecule has 0 aliphatic carbocycles. The van der Waals surface area contributed by atoms with Crippen molar-refractivity contribution < 1.29 is 4.79 Å². The first-order valence-electron chi connectivity index (χ1n) is 5.98. The van der Waals surface area contributed by atoms with Gasteiger partial charge in [-0.2, -0.15) is 0 Å². The molecule has 1 aromatic carbocycles. The van der Waals surface area contributed by atoms with Crippen LogP contribution in [-0.2, 0) is 0 Å². The Labute approximate surface area is 130 Å². The van der Waals surface area contributed by atoms with Crippen LogP contribution in [0.25, 0.3) is 10.8 Å². The van der Waals surface area contributed by atoms with E-state index < -0.39 is 0 Å². The molecular weight excluding hydrogens is 311 g/mol. The monoisotopic (exact) mass is 318 g/mol. The Morgan fingerprint density at radius 2 is 1.81 bits per heavy atom. The van der Waals surface area contributed by atoms with Gasteiger partial charge < -0.3 is 5.32 Å². The highest BCUT2D eigenvalue weighted by Crippen LogP contribution is 2.24. The average Bonchev–Trinajstić information content (AvgIpc) is 2.48. The lowest BCUT2D eigenvalue weighted by Gasteiger charge is -2.08. The van der Waals surface area contributed by atoms with Crippen molar-refractivity contribution in [1.82, 2.24) is 15.0 Å². The number of nitrogens with one attached hydrogen (secondary N) is 1. The van der Waals surface area contributed by atoms with Crippen molar-refractivity contribution in [3.05, 3.63) is 58.7 Å². The van der Waals surface area contributed by atoms with Crippen molar-refractivity contribution in [3.63, 3.8) is 0 Å². The van der Waals surface area contributed by atoms with Gasteiger partial charge in [-0.3, -0.25) is 4.79 Å². The first-order valence-corrected chi connectivity index (χ1v) is 6.74. The lowest BCUT2D eigenvalue weighted by atomic mass is 10.1. The Morgan fingerprint density at radius 3 is 2.57 bits per heavy atom. The first-order chi connectivity index (χ1) is 10.1. The van der Waals surface area contributed by atoms with Crippen LogP contribution >= 0.6 is 23.2 Å². The molecule has 3 aromatic rings. The van der Waals surface area contributed by atoms with Gasteiger partial charge in [0.15, 0.2) is 0 Å². The lowest BCUT2D eigenvalue weighted by Crippen LogP contribution is -2.14. The highest BCUT2D eigenvalue weighted by atomic mass is 35.5. The van der Waals surface area contributed by atoms with E-state index in [-0.39, 0.29) is 11.2 Å². The summed E-state index contributed by atoms with van der Waals surface area (Å²) >= 11 is 11.7. The summed E-state index contributed by atoms with van der Waals surface area (Å²) in [5.74, 6) is -0.0239. The van der Waals surface area contributed by atoms with Crippen LogP contribution in [0.1, 0.15) is 10.4 Å². The third kappa shape index (κ3) is 2.79. The molecule has 0 saturated heterocycles. The quantitative estimate of drug-likeness (QED) is 0.579. The molecule has 5 nitrogen and oxygen atoms in total. The SMILES string of the molecule is O=C(Nc1ccnc(Cl)n1)c1cnc(Cl)c2ccccc12. The topological polar surface area (TPSA) is 67.8 Å². The maximum atomic E-state index is 12.4. The molecule has 2 heterocycles. The number of carbonyl (C=O) groups excluding carboxylic acids is 1. The van der Waals surface area contributed by atoms with Crippen LogP contribution in [0.2, 0.25) is 10.4 Å². The molecule has 0 radical (unpaired) electrons. The van der Waals surface area contributed by atoms with Crippen molar-refractivity contribution in [1.29, 1.82) is 0 Å². The van der Waals surface area contributed by atoms with Crippen molar-refractivity contribution in [2.45, 2.75) is 0 Å². The van der Waals surface area contributed by atoms with Gasteiger partial charge in [-0.05, 0) is 23.1 Å². The number of halogens is 2. The van der Waals surface area contributed by atoms with Crippen LogP contribution in [0.5, 0.6) is 0 Å². The molecule has 104 valence electrons. The molecule has 0 spiro atoms. The lowest BCUT2D eigenvalue weighted by molar-refractivity contribution is 0.102.